The molecule has 216 valence electrons. The van der Waals surface area contributed by atoms with Crippen LogP contribution in [0.25, 0.3) is 0 Å². The van der Waals surface area contributed by atoms with Gasteiger partial charge in [0.05, 0.1) is 25.8 Å². The summed E-state index contributed by atoms with van der Waals surface area (Å²) >= 11 is 0. The maximum Gasteiger partial charge on any atom is 0.221 e. The van der Waals surface area contributed by atoms with E-state index >= 15 is 0 Å². The van der Waals surface area contributed by atoms with Gasteiger partial charge in [-0.1, -0.05) is 36.4 Å². The highest BCUT2D eigenvalue weighted by Gasteiger charge is 2.27. The average molecular weight is 565 g/mol. The number of rotatable bonds is 9. The van der Waals surface area contributed by atoms with Gasteiger partial charge in [-0.05, 0) is 52.9 Å². The topological polar surface area (TPSA) is 120 Å². The van der Waals surface area contributed by atoms with Crippen LogP contribution in [0.1, 0.15) is 44.2 Å². The Morgan fingerprint density at radius 1 is 1.07 bits per heavy atom. The summed E-state index contributed by atoms with van der Waals surface area (Å²) in [7, 11) is 7.13. The minimum Gasteiger partial charge on any atom is -0.493 e. The van der Waals surface area contributed by atoms with Gasteiger partial charge in [-0.25, -0.2) is 4.98 Å². The van der Waals surface area contributed by atoms with Crippen LogP contribution in [0.5, 0.6) is 11.5 Å². The van der Waals surface area contributed by atoms with Gasteiger partial charge >= 0.3 is 0 Å². The highest BCUT2D eigenvalue weighted by molar-refractivity contribution is 6.07. The van der Waals surface area contributed by atoms with E-state index in [-0.39, 0.29) is 17.8 Å². The maximum absolute atomic E-state index is 13.7. The number of nitrogens with two attached hydrogens (primary N) is 2. The SMILES string of the molecule is COc1cc(Cc2cnc(N)nc2N)cc(C(=O)/C=C/N2CCc3ccccc3C2c2ccc(N(C)C)cc2)c1OC. The summed E-state index contributed by atoms with van der Waals surface area (Å²) in [6.45, 7) is 0.776. The van der Waals surface area contributed by atoms with Crippen molar-refractivity contribution in [3.05, 3.63) is 113 Å². The zero-order valence-electron chi connectivity index (χ0n) is 24.4. The number of nitrogens with zero attached hydrogens (tertiary/aromatic N) is 4. The van der Waals surface area contributed by atoms with Crippen LogP contribution in [0.15, 0.2) is 79.1 Å². The monoisotopic (exact) mass is 564 g/mol. The van der Waals surface area contributed by atoms with Gasteiger partial charge in [0.15, 0.2) is 17.3 Å². The molecule has 1 unspecified atom stereocenters. The molecular weight excluding hydrogens is 528 g/mol. The molecule has 42 heavy (non-hydrogen) atoms. The van der Waals surface area contributed by atoms with Crippen LogP contribution in [0.3, 0.4) is 0 Å². The molecule has 0 saturated heterocycles. The van der Waals surface area contributed by atoms with Crippen LogP contribution in [-0.4, -0.2) is 55.5 Å². The number of hydrogen-bond acceptors (Lipinski definition) is 9. The quantitative estimate of drug-likeness (QED) is 0.221. The van der Waals surface area contributed by atoms with Crippen LogP contribution in [0.2, 0.25) is 0 Å². The summed E-state index contributed by atoms with van der Waals surface area (Å²) in [6.07, 6.45) is 6.38. The Labute approximate surface area is 246 Å². The first-order chi connectivity index (χ1) is 20.3. The Hall–Kier alpha value is -5.05. The van der Waals surface area contributed by atoms with Gasteiger partial charge in [0, 0.05) is 56.8 Å². The molecule has 4 N–H and O–H groups in total. The minimum absolute atomic E-state index is 0.0218. The zero-order chi connectivity index (χ0) is 29.8. The van der Waals surface area contributed by atoms with Crippen molar-refractivity contribution in [3.63, 3.8) is 0 Å². The number of allylic oxidation sites excluding steroid dienone is 1. The van der Waals surface area contributed by atoms with Gasteiger partial charge < -0.3 is 30.7 Å². The third-order valence-electron chi connectivity index (χ3n) is 7.58. The van der Waals surface area contributed by atoms with Crippen LogP contribution in [0, 0.1) is 0 Å². The lowest BCUT2D eigenvalue weighted by atomic mass is 9.88. The number of hydrogen-bond donors (Lipinski definition) is 2. The number of fused-ring (bicyclic) bond motifs is 1. The molecule has 0 fully saturated rings. The molecule has 3 aromatic carbocycles. The Kier molecular flexibility index (Phi) is 8.28. The minimum atomic E-state index is -0.200. The zero-order valence-corrected chi connectivity index (χ0v) is 24.4. The summed E-state index contributed by atoms with van der Waals surface area (Å²) in [4.78, 5) is 26.2. The number of ether oxygens (including phenoxy) is 2. The van der Waals surface area contributed by atoms with Gasteiger partial charge in [-0.2, -0.15) is 4.98 Å². The highest BCUT2D eigenvalue weighted by atomic mass is 16.5. The van der Waals surface area contributed by atoms with Crippen molar-refractivity contribution in [2.45, 2.75) is 18.9 Å². The van der Waals surface area contributed by atoms with E-state index < -0.39 is 0 Å². The number of carbonyl (C=O) groups excluding carboxylic acids is 1. The molecule has 0 spiro atoms. The molecule has 0 amide bonds. The van der Waals surface area contributed by atoms with E-state index in [4.69, 9.17) is 20.9 Å². The molecule has 5 rings (SSSR count). The number of nitrogen functional groups attached to an aromatic ring is 2. The Morgan fingerprint density at radius 2 is 1.83 bits per heavy atom. The first-order valence-corrected chi connectivity index (χ1v) is 13.7. The lowest BCUT2D eigenvalue weighted by Crippen LogP contribution is -2.32. The number of carbonyl (C=O) groups is 1. The summed E-state index contributed by atoms with van der Waals surface area (Å²) in [5.74, 6) is 1.02. The standard InChI is InChI=1S/C33H36N6O3/c1-38(2)25-11-9-23(10-12-25)30-26-8-6-5-7-22(26)13-15-39(30)16-14-28(40)27-18-21(19-29(41-3)31(27)42-4)17-24-20-36-33(35)37-32(24)34/h5-12,14,16,18-20,30H,13,15,17H2,1-4H3,(H4,34,35,36,37)/b16-14+. The third-order valence-corrected chi connectivity index (χ3v) is 7.58. The number of anilines is 3. The average Bonchev–Trinajstić information content (AvgIpc) is 3.00. The second-order valence-electron chi connectivity index (χ2n) is 10.4. The number of aromatic nitrogens is 2. The Bertz CT molecular complexity index is 1620. The van der Waals surface area contributed by atoms with E-state index in [1.165, 1.54) is 18.2 Å². The maximum atomic E-state index is 13.7. The van der Waals surface area contributed by atoms with Crippen LogP contribution < -0.4 is 25.8 Å². The van der Waals surface area contributed by atoms with Gasteiger partial charge in [0.2, 0.25) is 5.95 Å². The first kappa shape index (κ1) is 28.5. The molecule has 0 bridgehead atoms. The molecule has 2 heterocycles. The normalized spacial score (nSPS) is 14.5. The van der Waals surface area contributed by atoms with E-state index in [9.17, 15) is 4.79 Å². The summed E-state index contributed by atoms with van der Waals surface area (Å²) in [6, 6.07) is 20.7. The van der Waals surface area contributed by atoms with E-state index in [1.54, 1.807) is 25.4 Å². The third kappa shape index (κ3) is 5.85. The summed E-state index contributed by atoms with van der Waals surface area (Å²) in [5.41, 5.74) is 18.5. The van der Waals surface area contributed by atoms with Gasteiger partial charge in [-0.3, -0.25) is 4.79 Å². The van der Waals surface area contributed by atoms with Crippen molar-refractivity contribution in [2.24, 2.45) is 0 Å². The molecule has 9 nitrogen and oxygen atoms in total. The number of benzene rings is 3. The highest BCUT2D eigenvalue weighted by Crippen LogP contribution is 2.37. The summed E-state index contributed by atoms with van der Waals surface area (Å²) in [5, 5.41) is 0. The lowest BCUT2D eigenvalue weighted by molar-refractivity contribution is 0.104. The van der Waals surface area contributed by atoms with Gasteiger partial charge in [-0.15, -0.1) is 0 Å². The molecular formula is C33H36N6O3. The van der Waals surface area contributed by atoms with E-state index in [0.717, 1.165) is 29.8 Å². The smallest absolute Gasteiger partial charge is 0.221 e. The van der Waals surface area contributed by atoms with Crippen molar-refractivity contribution in [3.8, 4) is 11.5 Å². The van der Waals surface area contributed by atoms with E-state index in [1.807, 2.05) is 26.4 Å². The van der Waals surface area contributed by atoms with Crippen molar-refractivity contribution in [1.29, 1.82) is 0 Å². The summed E-state index contributed by atoms with van der Waals surface area (Å²) < 4.78 is 11.2. The Morgan fingerprint density at radius 3 is 2.52 bits per heavy atom. The van der Waals surface area contributed by atoms with Gasteiger partial charge in [0.25, 0.3) is 0 Å². The van der Waals surface area contributed by atoms with Crippen LogP contribution in [0.4, 0.5) is 17.5 Å². The predicted molar refractivity (Wildman–Crippen MR) is 166 cm³/mol. The molecule has 1 atom stereocenters. The predicted octanol–water partition coefficient (Wildman–Crippen LogP) is 4.66. The number of methoxy groups -OCH3 is 2. The van der Waals surface area contributed by atoms with E-state index in [0.29, 0.717) is 34.9 Å². The van der Waals surface area contributed by atoms with Crippen molar-refractivity contribution in [1.82, 2.24) is 14.9 Å². The van der Waals surface area contributed by atoms with Crippen molar-refractivity contribution < 1.29 is 14.3 Å². The fourth-order valence-corrected chi connectivity index (χ4v) is 5.42. The van der Waals surface area contributed by atoms with Crippen LogP contribution in [-0.2, 0) is 12.8 Å². The van der Waals surface area contributed by atoms with Crippen LogP contribution >= 0.6 is 0 Å². The first-order valence-electron chi connectivity index (χ1n) is 13.7. The number of ketones is 1. The van der Waals surface area contributed by atoms with Crippen molar-refractivity contribution >= 4 is 23.2 Å². The second-order valence-corrected chi connectivity index (χ2v) is 10.4. The fourth-order valence-electron chi connectivity index (χ4n) is 5.42. The molecule has 9 heteroatoms. The Balaban J connectivity index is 1.48. The largest absolute Gasteiger partial charge is 0.493 e. The molecule has 1 aliphatic heterocycles. The lowest BCUT2D eigenvalue weighted by Gasteiger charge is -2.37. The van der Waals surface area contributed by atoms with Gasteiger partial charge in [0.1, 0.15) is 5.82 Å². The molecule has 0 saturated carbocycles. The van der Waals surface area contributed by atoms with E-state index in [2.05, 4.69) is 68.3 Å². The molecule has 4 aromatic rings. The fraction of sp³-hybridized carbons (Fsp3) is 0.242. The molecule has 0 radical (unpaired) electrons. The molecule has 1 aliphatic rings. The second kappa shape index (κ2) is 12.2. The molecule has 1 aromatic heterocycles. The van der Waals surface area contributed by atoms with Crippen molar-refractivity contribution in [2.75, 3.05) is 51.2 Å². The molecule has 0 aliphatic carbocycles.